The maximum atomic E-state index is 15.7. The number of hydrogen-bond acceptors (Lipinski definition) is 8. The average molecular weight is 623 g/mol. The van der Waals surface area contributed by atoms with Gasteiger partial charge < -0.3 is 9.80 Å². The third kappa shape index (κ3) is 4.88. The Morgan fingerprint density at radius 3 is 2.57 bits per heavy atom. The smallest absolute Gasteiger partial charge is 0.319 e. The van der Waals surface area contributed by atoms with Gasteiger partial charge in [-0.05, 0) is 51.7 Å². The molecule has 224 valence electrons. The molecule has 4 aromatic rings. The van der Waals surface area contributed by atoms with Crippen LogP contribution in [0.25, 0.3) is 27.1 Å². The van der Waals surface area contributed by atoms with Crippen LogP contribution in [0.1, 0.15) is 62.6 Å². The fourth-order valence-corrected chi connectivity index (χ4v) is 7.86. The first-order chi connectivity index (χ1) is 19.8. The molecule has 2 aliphatic rings. The molecule has 11 nitrogen and oxygen atoms in total. The van der Waals surface area contributed by atoms with Crippen molar-refractivity contribution in [3.8, 4) is 5.13 Å². The minimum absolute atomic E-state index is 0.0341. The molecule has 1 aromatic carbocycles. The minimum atomic E-state index is -4.25. The Morgan fingerprint density at radius 2 is 1.95 bits per heavy atom. The third-order valence-electron chi connectivity index (χ3n) is 8.00. The number of carbonyl (C=O) groups excluding carboxylic acids is 1. The second-order valence-corrected chi connectivity index (χ2v) is 14.1. The van der Waals surface area contributed by atoms with Gasteiger partial charge in [0.25, 0.3) is 6.43 Å². The first kappa shape index (κ1) is 28.7. The number of piperidine rings is 1. The quantitative estimate of drug-likeness (QED) is 0.334. The van der Waals surface area contributed by atoms with Gasteiger partial charge in [0.15, 0.2) is 10.7 Å². The molecule has 1 saturated heterocycles. The number of nitrogens with one attached hydrogen (secondary N) is 1. The standard InChI is InChI=1S/C26H29F3N8O3S2/c1-13-9-14(5-8-36(13)25(38)35(3)4)20-19-15-10-16(27)18(42(39,40)34-26(2)6-7-26)11-17(15)37(22(19)31-12-30-20)24-33-32-23(41-24)21(28)29/h10-14,21,34H,5-9H2,1-4H3. The van der Waals surface area contributed by atoms with E-state index >= 15 is 4.39 Å². The van der Waals surface area contributed by atoms with Crippen LogP contribution in [0.4, 0.5) is 18.0 Å². The van der Waals surface area contributed by atoms with Crippen LogP contribution >= 0.6 is 11.3 Å². The molecule has 2 unspecified atom stereocenters. The van der Waals surface area contributed by atoms with Crippen LogP contribution in [0.5, 0.6) is 0 Å². The monoisotopic (exact) mass is 622 g/mol. The number of halogens is 3. The van der Waals surface area contributed by atoms with Crippen LogP contribution in [0.15, 0.2) is 23.4 Å². The topological polar surface area (TPSA) is 126 Å². The lowest BCUT2D eigenvalue weighted by molar-refractivity contribution is 0.128. The van der Waals surface area contributed by atoms with Crippen molar-refractivity contribution in [3.63, 3.8) is 0 Å². The van der Waals surface area contributed by atoms with E-state index in [-0.39, 0.29) is 34.3 Å². The second kappa shape index (κ2) is 10.1. The van der Waals surface area contributed by atoms with E-state index in [9.17, 15) is 22.0 Å². The predicted octanol–water partition coefficient (Wildman–Crippen LogP) is 4.58. The normalized spacial score (nSPS) is 20.5. The molecule has 42 heavy (non-hydrogen) atoms. The fraction of sp³-hybridized carbons (Fsp3) is 0.500. The zero-order valence-corrected chi connectivity index (χ0v) is 24.9. The van der Waals surface area contributed by atoms with E-state index < -0.39 is 37.7 Å². The van der Waals surface area contributed by atoms with E-state index in [2.05, 4.69) is 24.9 Å². The summed E-state index contributed by atoms with van der Waals surface area (Å²) in [6.07, 6.45) is 0.900. The van der Waals surface area contributed by atoms with Crippen LogP contribution in [0.2, 0.25) is 0 Å². The van der Waals surface area contributed by atoms with Crippen LogP contribution in [-0.4, -0.2) is 81.2 Å². The van der Waals surface area contributed by atoms with Crippen LogP contribution in [-0.2, 0) is 10.0 Å². The Hall–Kier alpha value is -3.37. The Bertz CT molecular complexity index is 1820. The number of aromatic nitrogens is 5. The van der Waals surface area contributed by atoms with Gasteiger partial charge >= 0.3 is 6.03 Å². The average Bonchev–Trinajstić information content (AvgIpc) is 3.31. The van der Waals surface area contributed by atoms with Gasteiger partial charge in [-0.3, -0.25) is 4.57 Å². The molecule has 1 aliphatic heterocycles. The summed E-state index contributed by atoms with van der Waals surface area (Å²) in [5.41, 5.74) is 0.447. The van der Waals surface area contributed by atoms with Gasteiger partial charge in [0.05, 0.1) is 11.2 Å². The van der Waals surface area contributed by atoms with Gasteiger partial charge in [0, 0.05) is 48.9 Å². The van der Waals surface area contributed by atoms with Crippen molar-refractivity contribution in [1.82, 2.24) is 39.3 Å². The Labute approximate surface area is 243 Å². The maximum Gasteiger partial charge on any atom is 0.319 e. The molecule has 1 saturated carbocycles. The van der Waals surface area contributed by atoms with Crippen LogP contribution in [0.3, 0.4) is 0 Å². The highest BCUT2D eigenvalue weighted by atomic mass is 32.2. The largest absolute Gasteiger partial charge is 0.331 e. The molecule has 16 heteroatoms. The van der Waals surface area contributed by atoms with E-state index in [1.807, 2.05) is 6.92 Å². The first-order valence-corrected chi connectivity index (χ1v) is 15.7. The molecule has 1 aliphatic carbocycles. The summed E-state index contributed by atoms with van der Waals surface area (Å²) < 4.78 is 73.1. The van der Waals surface area contributed by atoms with Crippen molar-refractivity contribution >= 4 is 49.3 Å². The van der Waals surface area contributed by atoms with Gasteiger partial charge in [0.1, 0.15) is 17.0 Å². The van der Waals surface area contributed by atoms with Gasteiger partial charge in [0.2, 0.25) is 15.2 Å². The molecule has 3 aromatic heterocycles. The second-order valence-electron chi connectivity index (χ2n) is 11.4. The summed E-state index contributed by atoms with van der Waals surface area (Å²) in [5, 5.41) is 7.86. The van der Waals surface area contributed by atoms with Crippen LogP contribution in [0, 0.1) is 5.82 Å². The number of benzene rings is 1. The van der Waals surface area contributed by atoms with E-state index in [4.69, 9.17) is 0 Å². The molecular formula is C26H29F3N8O3S2. The van der Waals surface area contributed by atoms with Gasteiger partial charge in [-0.15, -0.1) is 10.2 Å². The Morgan fingerprint density at radius 1 is 1.21 bits per heavy atom. The molecule has 0 radical (unpaired) electrons. The summed E-state index contributed by atoms with van der Waals surface area (Å²) in [5.74, 6) is -1.09. The molecule has 2 fully saturated rings. The first-order valence-electron chi connectivity index (χ1n) is 13.4. The highest BCUT2D eigenvalue weighted by Crippen LogP contribution is 2.42. The number of alkyl halides is 2. The zero-order valence-electron chi connectivity index (χ0n) is 23.3. The number of hydrogen-bond donors (Lipinski definition) is 1. The zero-order chi connectivity index (χ0) is 30.1. The highest BCUT2D eigenvalue weighted by Gasteiger charge is 2.42. The summed E-state index contributed by atoms with van der Waals surface area (Å²) >= 11 is 0.637. The summed E-state index contributed by atoms with van der Waals surface area (Å²) in [6, 6.07) is 2.11. The Balaban J connectivity index is 1.54. The summed E-state index contributed by atoms with van der Waals surface area (Å²) in [6.45, 7) is 4.17. The van der Waals surface area contributed by atoms with Gasteiger partial charge in [-0.1, -0.05) is 11.3 Å². The van der Waals surface area contributed by atoms with Crippen molar-refractivity contribution in [2.24, 2.45) is 0 Å². The van der Waals surface area contributed by atoms with Crippen molar-refractivity contribution in [3.05, 3.63) is 35.0 Å². The van der Waals surface area contributed by atoms with E-state index in [0.717, 1.165) is 6.07 Å². The van der Waals surface area contributed by atoms with E-state index in [1.165, 1.54) is 21.9 Å². The lowest BCUT2D eigenvalue weighted by Gasteiger charge is -2.38. The van der Waals surface area contributed by atoms with Crippen molar-refractivity contribution in [2.45, 2.75) is 68.4 Å². The number of amides is 2. The summed E-state index contributed by atoms with van der Waals surface area (Å²) in [4.78, 5) is 24.4. The SMILES string of the molecule is CC1CC(c2ncnc3c2c2cc(F)c(S(=O)(=O)NC4(C)CC4)cc2n3-c2nnc(C(F)F)s2)CCN1C(=O)N(C)C. The number of likely N-dealkylation sites (tertiary alicyclic amines) is 1. The lowest BCUT2D eigenvalue weighted by atomic mass is 9.87. The number of fused-ring (bicyclic) bond motifs is 3. The molecule has 4 heterocycles. The number of urea groups is 1. The predicted molar refractivity (Wildman–Crippen MR) is 150 cm³/mol. The number of nitrogens with zero attached hydrogens (tertiary/aromatic N) is 7. The van der Waals surface area contributed by atoms with E-state index in [0.29, 0.717) is 60.0 Å². The maximum absolute atomic E-state index is 15.7. The molecule has 0 bridgehead atoms. The van der Waals surface area contributed by atoms with Crippen LogP contribution < -0.4 is 4.72 Å². The molecule has 1 N–H and O–H groups in total. The summed E-state index contributed by atoms with van der Waals surface area (Å²) in [7, 11) is -0.860. The molecular weight excluding hydrogens is 593 g/mol. The highest BCUT2D eigenvalue weighted by molar-refractivity contribution is 7.89. The van der Waals surface area contributed by atoms with Gasteiger partial charge in [-0.25, -0.2) is 41.1 Å². The van der Waals surface area contributed by atoms with Crippen molar-refractivity contribution in [1.29, 1.82) is 0 Å². The molecule has 2 amide bonds. The lowest BCUT2D eigenvalue weighted by Crippen LogP contribution is -2.48. The number of rotatable bonds is 6. The van der Waals surface area contributed by atoms with Gasteiger partial charge in [-0.2, -0.15) is 0 Å². The van der Waals surface area contributed by atoms with E-state index in [1.54, 1.807) is 25.9 Å². The van der Waals surface area contributed by atoms with Crippen molar-refractivity contribution in [2.75, 3.05) is 20.6 Å². The number of carbonyl (C=O) groups is 1. The number of sulfonamides is 1. The minimum Gasteiger partial charge on any atom is -0.331 e. The third-order valence-corrected chi connectivity index (χ3v) is 10.6. The Kier molecular flexibility index (Phi) is 6.92. The fourth-order valence-electron chi connectivity index (χ4n) is 5.60. The molecule has 0 spiro atoms. The van der Waals surface area contributed by atoms with Crippen molar-refractivity contribution < 1.29 is 26.4 Å². The molecule has 2 atom stereocenters. The molecule has 6 rings (SSSR count).